The van der Waals surface area contributed by atoms with Gasteiger partial charge >= 0.3 is 0 Å². The molecule has 0 bridgehead atoms. The molecule has 2 aromatic rings. The summed E-state index contributed by atoms with van der Waals surface area (Å²) in [6.45, 7) is 1.89. The van der Waals surface area contributed by atoms with E-state index in [0.29, 0.717) is 11.3 Å². The molecule has 6 heteroatoms. The molecule has 0 unspecified atom stereocenters. The topological polar surface area (TPSA) is 66.5 Å². The van der Waals surface area contributed by atoms with E-state index in [1.165, 1.54) is 11.0 Å². The molecule has 0 heterocycles. The first kappa shape index (κ1) is 16.0. The summed E-state index contributed by atoms with van der Waals surface area (Å²) in [5, 5.41) is 0. The van der Waals surface area contributed by atoms with Crippen molar-refractivity contribution in [1.82, 2.24) is 4.90 Å². The molecule has 1 amide bonds. The van der Waals surface area contributed by atoms with E-state index in [2.05, 4.69) is 4.72 Å². The Balaban J connectivity index is 2.28. The van der Waals surface area contributed by atoms with Crippen molar-refractivity contribution < 1.29 is 13.2 Å². The second kappa shape index (κ2) is 6.19. The van der Waals surface area contributed by atoms with Gasteiger partial charge in [0.15, 0.2) is 0 Å². The second-order valence-corrected chi connectivity index (χ2v) is 6.88. The van der Waals surface area contributed by atoms with Gasteiger partial charge in [-0.2, -0.15) is 0 Å². The second-order valence-electron chi connectivity index (χ2n) is 5.20. The quantitative estimate of drug-likeness (QED) is 0.942. The summed E-state index contributed by atoms with van der Waals surface area (Å²) in [7, 11) is -0.379. The van der Waals surface area contributed by atoms with Gasteiger partial charge in [0.25, 0.3) is 15.9 Å². The average molecular weight is 318 g/mol. The van der Waals surface area contributed by atoms with Crippen LogP contribution in [-0.2, 0) is 10.0 Å². The predicted octanol–water partition coefficient (Wildman–Crippen LogP) is 2.50. The van der Waals surface area contributed by atoms with Crippen LogP contribution in [0.5, 0.6) is 0 Å². The molecule has 0 saturated heterocycles. The number of carbonyl (C=O) groups excluding carboxylic acids is 1. The highest BCUT2D eigenvalue weighted by molar-refractivity contribution is 7.92. The molecular formula is C16H18N2O3S. The van der Waals surface area contributed by atoms with Crippen LogP contribution >= 0.6 is 0 Å². The van der Waals surface area contributed by atoms with Crippen LogP contribution in [0.2, 0.25) is 0 Å². The Morgan fingerprint density at radius 1 is 1.05 bits per heavy atom. The van der Waals surface area contributed by atoms with Gasteiger partial charge in [-0.1, -0.05) is 23.8 Å². The fourth-order valence-electron chi connectivity index (χ4n) is 1.91. The van der Waals surface area contributed by atoms with Crippen LogP contribution in [0.25, 0.3) is 0 Å². The lowest BCUT2D eigenvalue weighted by Gasteiger charge is -2.12. The van der Waals surface area contributed by atoms with Crippen LogP contribution in [0, 0.1) is 6.92 Å². The van der Waals surface area contributed by atoms with Gasteiger partial charge in [-0.25, -0.2) is 8.42 Å². The van der Waals surface area contributed by atoms with Crippen LogP contribution < -0.4 is 4.72 Å². The van der Waals surface area contributed by atoms with Crippen molar-refractivity contribution in [3.05, 3.63) is 59.7 Å². The van der Waals surface area contributed by atoms with Crippen molar-refractivity contribution in [2.75, 3.05) is 18.8 Å². The lowest BCUT2D eigenvalue weighted by atomic mass is 10.2. The first-order valence-corrected chi connectivity index (χ1v) is 8.19. The number of carbonyl (C=O) groups is 1. The van der Waals surface area contributed by atoms with Crippen molar-refractivity contribution in [3.8, 4) is 0 Å². The Morgan fingerprint density at radius 3 is 2.27 bits per heavy atom. The molecule has 1 N–H and O–H groups in total. The van der Waals surface area contributed by atoms with E-state index in [1.807, 2.05) is 6.92 Å². The Labute approximate surface area is 130 Å². The van der Waals surface area contributed by atoms with Crippen molar-refractivity contribution in [1.29, 1.82) is 0 Å². The minimum atomic E-state index is -3.67. The fraction of sp³-hybridized carbons (Fsp3) is 0.188. The van der Waals surface area contributed by atoms with E-state index >= 15 is 0 Å². The number of sulfonamides is 1. The van der Waals surface area contributed by atoms with Crippen LogP contribution in [-0.4, -0.2) is 33.3 Å². The maximum Gasteiger partial charge on any atom is 0.261 e. The highest BCUT2D eigenvalue weighted by atomic mass is 32.2. The number of nitrogens with zero attached hydrogens (tertiary/aromatic N) is 1. The van der Waals surface area contributed by atoms with Gasteiger partial charge in [-0.3, -0.25) is 9.52 Å². The highest BCUT2D eigenvalue weighted by Gasteiger charge is 2.15. The van der Waals surface area contributed by atoms with Crippen molar-refractivity contribution >= 4 is 21.6 Å². The van der Waals surface area contributed by atoms with Gasteiger partial charge in [-0.05, 0) is 37.3 Å². The monoisotopic (exact) mass is 318 g/mol. The number of benzene rings is 2. The fourth-order valence-corrected chi connectivity index (χ4v) is 2.95. The first-order valence-electron chi connectivity index (χ1n) is 6.71. The molecule has 0 aliphatic rings. The lowest BCUT2D eigenvalue weighted by molar-refractivity contribution is 0.0827. The lowest BCUT2D eigenvalue weighted by Crippen LogP contribution is -2.22. The summed E-state index contributed by atoms with van der Waals surface area (Å²) in [5.41, 5.74) is 1.76. The minimum absolute atomic E-state index is 0.183. The predicted molar refractivity (Wildman–Crippen MR) is 86.4 cm³/mol. The maximum atomic E-state index is 12.3. The highest BCUT2D eigenvalue weighted by Crippen LogP contribution is 2.18. The van der Waals surface area contributed by atoms with Crippen LogP contribution in [0.15, 0.2) is 53.4 Å². The number of hydrogen-bond donors (Lipinski definition) is 1. The van der Waals surface area contributed by atoms with E-state index in [1.54, 1.807) is 56.6 Å². The van der Waals surface area contributed by atoms with E-state index in [0.717, 1.165) is 5.56 Å². The zero-order chi connectivity index (χ0) is 16.3. The smallest absolute Gasteiger partial charge is 0.261 e. The van der Waals surface area contributed by atoms with E-state index in [9.17, 15) is 13.2 Å². The Hall–Kier alpha value is -2.34. The van der Waals surface area contributed by atoms with E-state index < -0.39 is 10.0 Å². The summed E-state index contributed by atoms with van der Waals surface area (Å²) in [5.74, 6) is -0.184. The summed E-state index contributed by atoms with van der Waals surface area (Å²) < 4.78 is 27.1. The minimum Gasteiger partial charge on any atom is -0.345 e. The third kappa shape index (κ3) is 3.65. The largest absolute Gasteiger partial charge is 0.345 e. The average Bonchev–Trinajstić information content (AvgIpc) is 2.46. The number of rotatable bonds is 4. The third-order valence-corrected chi connectivity index (χ3v) is 4.50. The SMILES string of the molecule is Cc1ccc(S(=O)(=O)Nc2cccc(C(=O)N(C)C)c2)cc1. The van der Waals surface area contributed by atoms with Crippen LogP contribution in [0.3, 0.4) is 0 Å². The van der Waals surface area contributed by atoms with Gasteiger partial charge in [0.2, 0.25) is 0 Å². The summed E-state index contributed by atoms with van der Waals surface area (Å²) in [4.78, 5) is 13.5. The number of aryl methyl sites for hydroxylation is 1. The summed E-state index contributed by atoms with van der Waals surface area (Å²) >= 11 is 0. The molecule has 22 heavy (non-hydrogen) atoms. The maximum absolute atomic E-state index is 12.3. The Bertz CT molecular complexity index is 781. The number of hydrogen-bond acceptors (Lipinski definition) is 3. The van der Waals surface area contributed by atoms with Crippen LogP contribution in [0.1, 0.15) is 15.9 Å². The zero-order valence-corrected chi connectivity index (χ0v) is 13.5. The molecule has 0 spiro atoms. The van der Waals surface area contributed by atoms with Gasteiger partial charge < -0.3 is 4.90 Å². The third-order valence-electron chi connectivity index (χ3n) is 3.10. The molecule has 0 aliphatic carbocycles. The molecule has 0 aliphatic heterocycles. The molecule has 0 radical (unpaired) electrons. The summed E-state index contributed by atoms with van der Waals surface area (Å²) in [6.07, 6.45) is 0. The molecule has 0 aromatic heterocycles. The van der Waals surface area contributed by atoms with E-state index in [4.69, 9.17) is 0 Å². The van der Waals surface area contributed by atoms with Gasteiger partial charge in [0, 0.05) is 25.3 Å². The zero-order valence-electron chi connectivity index (χ0n) is 12.7. The van der Waals surface area contributed by atoms with Crippen LogP contribution in [0.4, 0.5) is 5.69 Å². The van der Waals surface area contributed by atoms with E-state index in [-0.39, 0.29) is 10.8 Å². The molecule has 5 nitrogen and oxygen atoms in total. The van der Waals surface area contributed by atoms with Crippen molar-refractivity contribution in [2.24, 2.45) is 0 Å². The molecule has 0 saturated carbocycles. The Morgan fingerprint density at radius 2 is 1.68 bits per heavy atom. The Kier molecular flexibility index (Phi) is 4.51. The van der Waals surface area contributed by atoms with Crippen molar-refractivity contribution in [3.63, 3.8) is 0 Å². The van der Waals surface area contributed by atoms with Gasteiger partial charge in [0.05, 0.1) is 4.90 Å². The normalized spacial score (nSPS) is 11.0. The van der Waals surface area contributed by atoms with Gasteiger partial charge in [0.1, 0.15) is 0 Å². The molecule has 0 fully saturated rings. The number of nitrogens with one attached hydrogen (secondary N) is 1. The summed E-state index contributed by atoms with van der Waals surface area (Å²) in [6, 6.07) is 13.0. The standard InChI is InChI=1S/C16H18N2O3S/c1-12-7-9-15(10-8-12)22(20,21)17-14-6-4-5-13(11-14)16(19)18(2)3/h4-11,17H,1-3H3. The number of amides is 1. The van der Waals surface area contributed by atoms with Gasteiger partial charge in [-0.15, -0.1) is 0 Å². The first-order chi connectivity index (χ1) is 10.3. The number of anilines is 1. The molecular weight excluding hydrogens is 300 g/mol. The molecule has 2 aromatic carbocycles. The molecule has 116 valence electrons. The molecule has 0 atom stereocenters. The molecule has 2 rings (SSSR count). The van der Waals surface area contributed by atoms with Crippen molar-refractivity contribution in [2.45, 2.75) is 11.8 Å².